The Morgan fingerprint density at radius 1 is 1.18 bits per heavy atom. The molecule has 0 saturated carbocycles. The second-order valence-electron chi connectivity index (χ2n) is 3.06. The second-order valence-corrected chi connectivity index (χ2v) is 9.29. The lowest BCUT2D eigenvalue weighted by Gasteiger charge is -2.25. The van der Waals surface area contributed by atoms with E-state index >= 15 is 0 Å². The van der Waals surface area contributed by atoms with E-state index in [1.54, 1.807) is 18.7 Å². The van der Waals surface area contributed by atoms with E-state index in [9.17, 15) is 9.13 Å². The third-order valence-electron chi connectivity index (χ3n) is 1.80. The van der Waals surface area contributed by atoms with Gasteiger partial charge in [0.15, 0.2) is 0 Å². The predicted molar refractivity (Wildman–Crippen MR) is 71.0 cm³/mol. The smallest absolute Gasteiger partial charge is 0.351 e. The van der Waals surface area contributed by atoms with Gasteiger partial charge in [-0.05, 0) is 13.8 Å². The molecule has 4 N–H and O–H groups in total. The summed E-state index contributed by atoms with van der Waals surface area (Å²) in [5.41, 5.74) is 0. The predicted octanol–water partition coefficient (Wildman–Crippen LogP) is 0.985. The molecule has 0 aliphatic heterocycles. The monoisotopic (exact) mass is 323 g/mol. The van der Waals surface area contributed by atoms with E-state index in [4.69, 9.17) is 31.8 Å². The molecule has 7 nitrogen and oxygen atoms in total. The number of hydrogen-bond donors (Lipinski definition) is 4. The van der Waals surface area contributed by atoms with Crippen LogP contribution in [0.15, 0.2) is 0 Å². The van der Waals surface area contributed by atoms with Crippen molar-refractivity contribution in [1.29, 1.82) is 0 Å². The van der Waals surface area contributed by atoms with Crippen LogP contribution < -0.4 is 0 Å². The fourth-order valence-electron chi connectivity index (χ4n) is 0.980. The van der Waals surface area contributed by atoms with Crippen LogP contribution >= 0.6 is 39.2 Å². The van der Waals surface area contributed by atoms with Crippen LogP contribution in [0, 0.1) is 0 Å². The molecule has 0 aliphatic rings. The van der Waals surface area contributed by atoms with Crippen molar-refractivity contribution in [1.82, 2.24) is 4.90 Å². The summed E-state index contributed by atoms with van der Waals surface area (Å²) in [6, 6.07) is 0. The van der Waals surface area contributed by atoms with E-state index in [0.29, 0.717) is 24.9 Å². The Balaban J connectivity index is 4.98. The molecule has 0 fully saturated rings. The third kappa shape index (κ3) is 5.81. The van der Waals surface area contributed by atoms with Crippen LogP contribution in [0.3, 0.4) is 0 Å². The molecule has 0 radical (unpaired) electrons. The Bertz CT molecular complexity index is 340. The van der Waals surface area contributed by atoms with Gasteiger partial charge in [-0.2, -0.15) is 0 Å². The Morgan fingerprint density at radius 2 is 1.53 bits per heavy atom. The van der Waals surface area contributed by atoms with Crippen LogP contribution in [0.1, 0.15) is 13.8 Å². The Labute approximate surface area is 109 Å². The molecule has 0 amide bonds. The summed E-state index contributed by atoms with van der Waals surface area (Å²) in [7, 11) is -9.85. The molecule has 0 bridgehead atoms. The normalized spacial score (nSPS) is 12.9. The molecular weight excluding hydrogens is 308 g/mol. The minimum Gasteiger partial charge on any atom is -0.358 e. The van der Waals surface area contributed by atoms with E-state index in [2.05, 4.69) is 0 Å². The van der Waals surface area contributed by atoms with Crippen LogP contribution in [0.5, 0.6) is 0 Å². The minimum atomic E-state index is -4.93. The summed E-state index contributed by atoms with van der Waals surface area (Å²) in [6.07, 6.45) is 0. The molecule has 0 aromatic heterocycles. The second kappa shape index (κ2) is 6.63. The number of thiocarbonyl (C=S) groups is 1. The van der Waals surface area contributed by atoms with Gasteiger partial charge in [-0.15, -0.1) is 0 Å². The van der Waals surface area contributed by atoms with E-state index in [0.717, 1.165) is 0 Å². The maximum Gasteiger partial charge on any atom is 0.351 e. The zero-order chi connectivity index (χ0) is 13.9. The molecule has 102 valence electrons. The molecule has 11 heteroatoms. The van der Waals surface area contributed by atoms with Gasteiger partial charge in [0.25, 0.3) is 0 Å². The van der Waals surface area contributed by atoms with Gasteiger partial charge in [0, 0.05) is 13.1 Å². The van der Waals surface area contributed by atoms with Gasteiger partial charge in [0.1, 0.15) is 4.32 Å². The first kappa shape index (κ1) is 17.5. The lowest BCUT2D eigenvalue weighted by Crippen LogP contribution is -2.28. The first-order valence-corrected chi connectivity index (χ1v) is 9.25. The van der Waals surface area contributed by atoms with Gasteiger partial charge in [-0.3, -0.25) is 9.13 Å². The van der Waals surface area contributed by atoms with Crippen molar-refractivity contribution in [2.24, 2.45) is 0 Å². The topological polar surface area (TPSA) is 118 Å². The minimum absolute atomic E-state index is 0.0617. The molecular formula is C6H15NO6P2S2. The SMILES string of the molecule is CCN(CC)C(=S)SC(P(=O)(O)O)P(=O)(O)O. The summed E-state index contributed by atoms with van der Waals surface area (Å²) in [6.45, 7) is 4.55. The van der Waals surface area contributed by atoms with Crippen LogP contribution in [0.4, 0.5) is 0 Å². The zero-order valence-corrected chi connectivity index (χ0v) is 12.7. The number of hydrogen-bond acceptors (Lipinski definition) is 4. The first-order valence-electron chi connectivity index (χ1n) is 4.60. The largest absolute Gasteiger partial charge is 0.358 e. The zero-order valence-electron chi connectivity index (χ0n) is 9.26. The maximum absolute atomic E-state index is 11.0. The molecule has 0 unspecified atom stereocenters. The lowest BCUT2D eigenvalue weighted by atomic mass is 10.6. The lowest BCUT2D eigenvalue weighted by molar-refractivity contribution is 0.352. The Hall–Kier alpha value is 0.540. The number of thioether (sulfide) groups is 1. The molecule has 0 saturated heterocycles. The molecule has 0 aromatic carbocycles. The van der Waals surface area contributed by atoms with Crippen molar-refractivity contribution in [3.8, 4) is 0 Å². The van der Waals surface area contributed by atoms with Gasteiger partial charge in [-0.1, -0.05) is 24.0 Å². The fraction of sp³-hybridized carbons (Fsp3) is 0.833. The van der Waals surface area contributed by atoms with E-state index in [1.807, 2.05) is 0 Å². The van der Waals surface area contributed by atoms with Crippen molar-refractivity contribution in [2.45, 2.75) is 18.6 Å². The third-order valence-corrected chi connectivity index (χ3v) is 8.26. The van der Waals surface area contributed by atoms with Crippen LogP contribution in [-0.2, 0) is 9.13 Å². The molecule has 0 spiro atoms. The van der Waals surface area contributed by atoms with Gasteiger partial charge >= 0.3 is 15.2 Å². The summed E-state index contributed by atoms with van der Waals surface area (Å²) < 4.78 is 20.0. The standard InChI is InChI=1S/C6H15NO6P2S2/c1-3-7(4-2)5(16)17-6(14(8,9)10)15(11,12)13/h6H,3-4H2,1-2H3,(H2,8,9,10)(H2,11,12,13). The summed E-state index contributed by atoms with van der Waals surface area (Å²) >= 11 is 5.24. The van der Waals surface area contributed by atoms with Crippen molar-refractivity contribution >= 4 is 43.5 Å². The fourth-order valence-corrected chi connectivity index (χ4v) is 5.81. The molecule has 0 atom stereocenters. The van der Waals surface area contributed by atoms with E-state index < -0.39 is 19.9 Å². The van der Waals surface area contributed by atoms with Gasteiger partial charge in [-0.25, -0.2) is 0 Å². The van der Waals surface area contributed by atoms with Crippen LogP contribution in [0.25, 0.3) is 0 Å². The van der Waals surface area contributed by atoms with E-state index in [1.165, 1.54) is 0 Å². The van der Waals surface area contributed by atoms with Crippen LogP contribution in [-0.4, -0.2) is 46.6 Å². The average Bonchev–Trinajstić information content (AvgIpc) is 2.12. The molecule has 0 heterocycles. The highest BCUT2D eigenvalue weighted by atomic mass is 32.2. The maximum atomic E-state index is 11.0. The molecule has 0 aliphatic carbocycles. The van der Waals surface area contributed by atoms with Crippen molar-refractivity contribution in [3.63, 3.8) is 0 Å². The number of rotatable bonds is 5. The highest BCUT2D eigenvalue weighted by Gasteiger charge is 2.45. The average molecular weight is 323 g/mol. The Morgan fingerprint density at radius 3 is 1.76 bits per heavy atom. The van der Waals surface area contributed by atoms with Crippen molar-refractivity contribution < 1.29 is 28.7 Å². The van der Waals surface area contributed by atoms with Gasteiger partial charge < -0.3 is 24.5 Å². The first-order chi connectivity index (χ1) is 7.54. The summed E-state index contributed by atoms with van der Waals surface area (Å²) in [4.78, 5) is 37.2. The Kier molecular flexibility index (Phi) is 6.84. The van der Waals surface area contributed by atoms with E-state index in [-0.39, 0.29) is 4.32 Å². The molecule has 0 rings (SSSR count). The molecule has 0 aromatic rings. The van der Waals surface area contributed by atoms with Crippen molar-refractivity contribution in [2.75, 3.05) is 13.1 Å². The highest BCUT2D eigenvalue weighted by Crippen LogP contribution is 2.64. The summed E-state index contributed by atoms with van der Waals surface area (Å²) in [5.74, 6) is 0. The quantitative estimate of drug-likeness (QED) is 0.434. The van der Waals surface area contributed by atoms with Crippen molar-refractivity contribution in [3.05, 3.63) is 0 Å². The summed E-state index contributed by atoms with van der Waals surface area (Å²) in [5, 5.41) is 0. The van der Waals surface area contributed by atoms with Gasteiger partial charge in [0.2, 0.25) is 4.73 Å². The van der Waals surface area contributed by atoms with Gasteiger partial charge in [0.05, 0.1) is 0 Å². The number of nitrogens with zero attached hydrogens (tertiary/aromatic N) is 1. The highest BCUT2D eigenvalue weighted by molar-refractivity contribution is 8.29. The molecule has 17 heavy (non-hydrogen) atoms. The van der Waals surface area contributed by atoms with Crippen LogP contribution in [0.2, 0.25) is 0 Å².